The topological polar surface area (TPSA) is 67.1 Å². The number of amides is 2. The van der Waals surface area contributed by atoms with Gasteiger partial charge in [0.05, 0.1) is 0 Å². The highest BCUT2D eigenvalue weighted by molar-refractivity contribution is 6.31. The Kier molecular flexibility index (Phi) is 7.19. The quantitative estimate of drug-likeness (QED) is 0.537. The van der Waals surface area contributed by atoms with E-state index in [0.717, 1.165) is 42.3 Å². The number of nitrogens with one attached hydrogen (secondary N) is 4. The van der Waals surface area contributed by atoms with Gasteiger partial charge < -0.3 is 20.4 Å². The summed E-state index contributed by atoms with van der Waals surface area (Å²) in [6.07, 6.45) is 0. The van der Waals surface area contributed by atoms with Gasteiger partial charge in [0, 0.05) is 16.4 Å². The Bertz CT molecular complexity index is 885. The fourth-order valence-corrected chi connectivity index (χ4v) is 3.65. The van der Waals surface area contributed by atoms with Crippen LogP contribution in [0.5, 0.6) is 0 Å². The maximum absolute atomic E-state index is 13.2. The molecular formula is C21H26ClFN4O2+2. The summed E-state index contributed by atoms with van der Waals surface area (Å²) in [5, 5.41) is 6.29. The molecule has 1 aliphatic rings. The number of hydrogen-bond acceptors (Lipinski definition) is 2. The first-order chi connectivity index (χ1) is 13.9. The summed E-state index contributed by atoms with van der Waals surface area (Å²) >= 11 is 6.09. The predicted octanol–water partition coefficient (Wildman–Crippen LogP) is 0.148. The van der Waals surface area contributed by atoms with E-state index < -0.39 is 0 Å². The number of hydrogen-bond donors (Lipinski definition) is 4. The summed E-state index contributed by atoms with van der Waals surface area (Å²) in [4.78, 5) is 26.9. The van der Waals surface area contributed by atoms with Crippen LogP contribution in [0.15, 0.2) is 42.5 Å². The van der Waals surface area contributed by atoms with Gasteiger partial charge in [0.2, 0.25) is 0 Å². The summed E-state index contributed by atoms with van der Waals surface area (Å²) < 4.78 is 13.2. The number of carbonyl (C=O) groups excluding carboxylic acids is 2. The van der Waals surface area contributed by atoms with E-state index in [9.17, 15) is 14.0 Å². The van der Waals surface area contributed by atoms with Crippen LogP contribution in [0.2, 0.25) is 5.02 Å². The van der Waals surface area contributed by atoms with Crippen LogP contribution >= 0.6 is 11.6 Å². The largest absolute Gasteiger partial charge is 0.321 e. The first-order valence-electron chi connectivity index (χ1n) is 9.68. The molecule has 0 bridgehead atoms. The highest BCUT2D eigenvalue weighted by atomic mass is 35.5. The molecule has 2 aromatic rings. The maximum atomic E-state index is 13.2. The van der Waals surface area contributed by atoms with Crippen molar-refractivity contribution in [1.29, 1.82) is 0 Å². The van der Waals surface area contributed by atoms with Crippen LogP contribution in [0.1, 0.15) is 5.56 Å². The van der Waals surface area contributed by atoms with E-state index in [1.165, 1.54) is 17.0 Å². The number of rotatable bonds is 6. The monoisotopic (exact) mass is 420 g/mol. The Morgan fingerprint density at radius 3 is 2.17 bits per heavy atom. The van der Waals surface area contributed by atoms with Crippen LogP contribution in [-0.2, 0) is 9.59 Å². The standard InChI is InChI=1S/C21H24ClFN4O2/c1-15-18(22)6-3-7-19(15)25-21(29)14-27-10-8-26(9-11-27)13-20(28)24-17-5-2-4-16(23)12-17/h2-7,12H,8-11,13-14H2,1H3,(H,24,28)(H,25,29)/p+2. The van der Waals surface area contributed by atoms with Crippen LogP contribution in [0.25, 0.3) is 0 Å². The number of benzene rings is 2. The number of carbonyl (C=O) groups is 2. The number of halogens is 2. The molecule has 1 heterocycles. The minimum atomic E-state index is -0.376. The zero-order valence-electron chi connectivity index (χ0n) is 16.4. The van der Waals surface area contributed by atoms with Gasteiger partial charge in [-0.25, -0.2) is 4.39 Å². The van der Waals surface area contributed by atoms with E-state index >= 15 is 0 Å². The lowest BCUT2D eigenvalue weighted by Crippen LogP contribution is -3.28. The third-order valence-corrected chi connectivity index (χ3v) is 5.54. The van der Waals surface area contributed by atoms with Crippen molar-refractivity contribution in [2.24, 2.45) is 0 Å². The van der Waals surface area contributed by atoms with Crippen LogP contribution in [0, 0.1) is 12.7 Å². The molecule has 0 aromatic heterocycles. The fraction of sp³-hybridized carbons (Fsp3) is 0.333. The molecule has 0 radical (unpaired) electrons. The second-order valence-corrected chi connectivity index (χ2v) is 7.78. The molecule has 1 fully saturated rings. The Labute approximate surface area is 174 Å². The molecule has 3 rings (SSSR count). The first kappa shape index (κ1) is 21.2. The highest BCUT2D eigenvalue weighted by Crippen LogP contribution is 2.22. The maximum Gasteiger partial charge on any atom is 0.279 e. The highest BCUT2D eigenvalue weighted by Gasteiger charge is 2.26. The Morgan fingerprint density at radius 2 is 1.55 bits per heavy atom. The molecule has 1 saturated heterocycles. The average Bonchev–Trinajstić information content (AvgIpc) is 2.67. The van der Waals surface area contributed by atoms with E-state index in [0.29, 0.717) is 23.8 Å². The Balaban J connectivity index is 1.41. The van der Waals surface area contributed by atoms with Crippen LogP contribution in [0.4, 0.5) is 15.8 Å². The van der Waals surface area contributed by atoms with Crippen LogP contribution in [0.3, 0.4) is 0 Å². The molecule has 2 amide bonds. The van der Waals surface area contributed by atoms with Gasteiger partial charge in [0.15, 0.2) is 13.1 Å². The molecule has 1 aliphatic heterocycles. The predicted molar refractivity (Wildman–Crippen MR) is 111 cm³/mol. The molecule has 154 valence electrons. The fourth-order valence-electron chi connectivity index (χ4n) is 3.47. The van der Waals surface area contributed by atoms with Crippen LogP contribution < -0.4 is 20.4 Å². The van der Waals surface area contributed by atoms with Crippen molar-refractivity contribution in [1.82, 2.24) is 0 Å². The number of anilines is 2. The third-order valence-electron chi connectivity index (χ3n) is 5.14. The van der Waals surface area contributed by atoms with Gasteiger partial charge in [0.1, 0.15) is 32.0 Å². The first-order valence-corrected chi connectivity index (χ1v) is 10.1. The van der Waals surface area contributed by atoms with Crippen molar-refractivity contribution < 1.29 is 23.8 Å². The summed E-state index contributed by atoms with van der Waals surface area (Å²) in [6, 6.07) is 11.3. The average molecular weight is 421 g/mol. The van der Waals surface area contributed by atoms with E-state index in [1.807, 2.05) is 19.1 Å². The minimum absolute atomic E-state index is 0.0438. The van der Waals surface area contributed by atoms with Crippen LogP contribution in [-0.4, -0.2) is 51.1 Å². The van der Waals surface area contributed by atoms with Crippen molar-refractivity contribution in [3.8, 4) is 0 Å². The lowest BCUT2D eigenvalue weighted by atomic mass is 10.2. The van der Waals surface area contributed by atoms with Gasteiger partial charge in [-0.15, -0.1) is 0 Å². The molecule has 6 nitrogen and oxygen atoms in total. The van der Waals surface area contributed by atoms with Crippen molar-refractivity contribution >= 4 is 34.8 Å². The zero-order chi connectivity index (χ0) is 20.8. The normalized spacial score (nSPS) is 18.9. The number of piperazine rings is 1. The summed E-state index contributed by atoms with van der Waals surface area (Å²) in [5.41, 5.74) is 2.06. The second kappa shape index (κ2) is 9.82. The molecule has 0 unspecified atom stereocenters. The molecule has 0 aliphatic carbocycles. The zero-order valence-corrected chi connectivity index (χ0v) is 17.1. The molecule has 29 heavy (non-hydrogen) atoms. The molecule has 4 N–H and O–H groups in total. The van der Waals surface area contributed by atoms with Gasteiger partial charge in [-0.05, 0) is 42.8 Å². The molecule has 8 heteroatoms. The molecule has 0 atom stereocenters. The minimum Gasteiger partial charge on any atom is -0.321 e. The Morgan fingerprint density at radius 1 is 0.966 bits per heavy atom. The summed E-state index contributed by atoms with van der Waals surface area (Å²) in [5.74, 6) is -0.556. The van der Waals surface area contributed by atoms with Gasteiger partial charge in [-0.2, -0.15) is 0 Å². The van der Waals surface area contributed by atoms with E-state index in [-0.39, 0.29) is 17.6 Å². The van der Waals surface area contributed by atoms with E-state index in [1.54, 1.807) is 18.2 Å². The smallest absolute Gasteiger partial charge is 0.279 e. The van der Waals surface area contributed by atoms with Gasteiger partial charge in [-0.3, -0.25) is 9.59 Å². The summed E-state index contributed by atoms with van der Waals surface area (Å²) in [6.45, 7) is 5.81. The molecule has 2 aromatic carbocycles. The lowest BCUT2D eigenvalue weighted by molar-refractivity contribution is -1.00. The molecular weight excluding hydrogens is 395 g/mol. The van der Waals surface area contributed by atoms with Crippen molar-refractivity contribution in [2.45, 2.75) is 6.92 Å². The van der Waals surface area contributed by atoms with Crippen molar-refractivity contribution in [2.75, 3.05) is 49.9 Å². The van der Waals surface area contributed by atoms with Gasteiger partial charge in [-0.1, -0.05) is 23.7 Å². The SMILES string of the molecule is Cc1c(Cl)cccc1NC(=O)C[NH+]1CC[NH+](CC(=O)Nc2cccc(F)c2)CC1. The lowest BCUT2D eigenvalue weighted by Gasteiger charge is -2.29. The van der Waals surface area contributed by atoms with Gasteiger partial charge in [0.25, 0.3) is 11.8 Å². The molecule has 0 spiro atoms. The van der Waals surface area contributed by atoms with E-state index in [2.05, 4.69) is 10.6 Å². The molecule has 0 saturated carbocycles. The third kappa shape index (κ3) is 6.25. The second-order valence-electron chi connectivity index (χ2n) is 7.37. The van der Waals surface area contributed by atoms with Crippen molar-refractivity contribution in [3.05, 3.63) is 58.9 Å². The number of quaternary nitrogens is 2. The van der Waals surface area contributed by atoms with Gasteiger partial charge >= 0.3 is 0 Å². The van der Waals surface area contributed by atoms with E-state index in [4.69, 9.17) is 11.6 Å². The summed E-state index contributed by atoms with van der Waals surface area (Å²) in [7, 11) is 0. The van der Waals surface area contributed by atoms with Crippen molar-refractivity contribution in [3.63, 3.8) is 0 Å². The Hall–Kier alpha value is -2.48.